The molecule has 3 N–H and O–H groups in total. The summed E-state index contributed by atoms with van der Waals surface area (Å²) in [5, 5.41) is 2.98. The van der Waals surface area contributed by atoms with Crippen molar-refractivity contribution in [1.82, 2.24) is 10.2 Å². The Kier molecular flexibility index (Phi) is 5.85. The molecular formula is C16H31N3O. The van der Waals surface area contributed by atoms with Gasteiger partial charge in [0, 0.05) is 31.6 Å². The third-order valence-corrected chi connectivity index (χ3v) is 4.98. The van der Waals surface area contributed by atoms with Crippen LogP contribution in [0.5, 0.6) is 0 Å². The molecule has 1 saturated heterocycles. The maximum atomic E-state index is 12.0. The maximum Gasteiger partial charge on any atom is 0.221 e. The molecule has 1 amide bonds. The third kappa shape index (κ3) is 4.19. The van der Waals surface area contributed by atoms with Gasteiger partial charge >= 0.3 is 0 Å². The summed E-state index contributed by atoms with van der Waals surface area (Å²) < 4.78 is 0. The predicted octanol–water partition coefficient (Wildman–Crippen LogP) is 1.74. The Morgan fingerprint density at radius 1 is 1.25 bits per heavy atom. The molecule has 1 aliphatic heterocycles. The van der Waals surface area contributed by atoms with E-state index in [1.54, 1.807) is 0 Å². The molecule has 0 radical (unpaired) electrons. The first-order valence-electron chi connectivity index (χ1n) is 8.33. The lowest BCUT2D eigenvalue weighted by Gasteiger charge is -2.44. The van der Waals surface area contributed by atoms with E-state index in [2.05, 4.69) is 10.2 Å². The number of rotatable bonds is 5. The summed E-state index contributed by atoms with van der Waals surface area (Å²) >= 11 is 0. The minimum absolute atomic E-state index is 0.140. The number of nitrogens with one attached hydrogen (secondary N) is 1. The first-order chi connectivity index (χ1) is 9.60. The van der Waals surface area contributed by atoms with E-state index in [0.717, 1.165) is 24.9 Å². The second kappa shape index (κ2) is 7.41. The summed E-state index contributed by atoms with van der Waals surface area (Å²) in [4.78, 5) is 14.4. The van der Waals surface area contributed by atoms with Gasteiger partial charge in [0.15, 0.2) is 0 Å². The van der Waals surface area contributed by atoms with Crippen LogP contribution in [0.15, 0.2) is 0 Å². The number of amides is 1. The molecule has 3 unspecified atom stereocenters. The van der Waals surface area contributed by atoms with Crippen LogP contribution in [0.4, 0.5) is 0 Å². The van der Waals surface area contributed by atoms with Gasteiger partial charge in [-0.2, -0.15) is 0 Å². The van der Waals surface area contributed by atoms with Gasteiger partial charge in [-0.15, -0.1) is 0 Å². The molecule has 1 aliphatic carbocycles. The molecule has 116 valence electrons. The van der Waals surface area contributed by atoms with E-state index in [0.29, 0.717) is 13.0 Å². The van der Waals surface area contributed by atoms with Crippen molar-refractivity contribution < 1.29 is 4.79 Å². The summed E-state index contributed by atoms with van der Waals surface area (Å²) in [6, 6.07) is 0.432. The maximum absolute atomic E-state index is 12.0. The van der Waals surface area contributed by atoms with Crippen LogP contribution in [-0.4, -0.2) is 42.5 Å². The van der Waals surface area contributed by atoms with Crippen molar-refractivity contribution in [2.24, 2.45) is 17.6 Å². The van der Waals surface area contributed by atoms with Gasteiger partial charge in [-0.1, -0.05) is 19.3 Å². The predicted molar refractivity (Wildman–Crippen MR) is 82.4 cm³/mol. The SMILES string of the molecule is CC(C)NC(=O)CC(CN)N1CCC2CCCCC2C1. The van der Waals surface area contributed by atoms with Crippen LogP contribution in [0.1, 0.15) is 52.4 Å². The Morgan fingerprint density at radius 2 is 1.95 bits per heavy atom. The number of nitrogens with zero attached hydrogens (tertiary/aromatic N) is 1. The first kappa shape index (κ1) is 15.8. The van der Waals surface area contributed by atoms with E-state index in [-0.39, 0.29) is 18.0 Å². The zero-order valence-electron chi connectivity index (χ0n) is 13.1. The van der Waals surface area contributed by atoms with Gasteiger partial charge in [-0.3, -0.25) is 9.69 Å². The lowest BCUT2D eigenvalue weighted by molar-refractivity contribution is -0.123. The molecule has 2 fully saturated rings. The van der Waals surface area contributed by atoms with Crippen molar-refractivity contribution in [3.63, 3.8) is 0 Å². The summed E-state index contributed by atoms with van der Waals surface area (Å²) in [5.41, 5.74) is 5.93. The number of hydrogen-bond donors (Lipinski definition) is 2. The fourth-order valence-electron chi connectivity index (χ4n) is 3.92. The van der Waals surface area contributed by atoms with Crippen LogP contribution in [0, 0.1) is 11.8 Å². The lowest BCUT2D eigenvalue weighted by Crippen LogP contribution is -2.51. The molecule has 4 heteroatoms. The quantitative estimate of drug-likeness (QED) is 0.807. The number of carbonyl (C=O) groups excluding carboxylic acids is 1. The molecule has 20 heavy (non-hydrogen) atoms. The Morgan fingerprint density at radius 3 is 2.60 bits per heavy atom. The van der Waals surface area contributed by atoms with E-state index < -0.39 is 0 Å². The average molecular weight is 281 g/mol. The smallest absolute Gasteiger partial charge is 0.221 e. The third-order valence-electron chi connectivity index (χ3n) is 4.98. The van der Waals surface area contributed by atoms with Gasteiger partial charge in [0.1, 0.15) is 0 Å². The number of likely N-dealkylation sites (tertiary alicyclic amines) is 1. The van der Waals surface area contributed by atoms with E-state index in [1.807, 2.05) is 13.8 Å². The monoisotopic (exact) mass is 281 g/mol. The highest BCUT2D eigenvalue weighted by Gasteiger charge is 2.33. The van der Waals surface area contributed by atoms with Crippen molar-refractivity contribution in [3.05, 3.63) is 0 Å². The summed E-state index contributed by atoms with van der Waals surface area (Å²) in [6.07, 6.45) is 7.43. The molecule has 0 aromatic carbocycles. The van der Waals surface area contributed by atoms with E-state index in [4.69, 9.17) is 5.73 Å². The van der Waals surface area contributed by atoms with Crippen molar-refractivity contribution in [2.75, 3.05) is 19.6 Å². The van der Waals surface area contributed by atoms with Crippen molar-refractivity contribution in [2.45, 2.75) is 64.5 Å². The van der Waals surface area contributed by atoms with Crippen LogP contribution >= 0.6 is 0 Å². The number of carbonyl (C=O) groups is 1. The Bertz CT molecular complexity index is 319. The highest BCUT2D eigenvalue weighted by molar-refractivity contribution is 5.76. The Balaban J connectivity index is 1.86. The number of piperidine rings is 1. The zero-order valence-corrected chi connectivity index (χ0v) is 13.1. The first-order valence-corrected chi connectivity index (χ1v) is 8.33. The Labute approximate surface area is 123 Å². The summed E-state index contributed by atoms with van der Waals surface area (Å²) in [6.45, 7) is 6.87. The summed E-state index contributed by atoms with van der Waals surface area (Å²) in [7, 11) is 0. The minimum atomic E-state index is 0.140. The topological polar surface area (TPSA) is 58.4 Å². The van der Waals surface area contributed by atoms with E-state index >= 15 is 0 Å². The lowest BCUT2D eigenvalue weighted by atomic mass is 9.75. The normalized spacial score (nSPS) is 29.0. The van der Waals surface area contributed by atoms with Crippen molar-refractivity contribution >= 4 is 5.91 Å². The second-order valence-corrected chi connectivity index (χ2v) is 6.90. The molecule has 2 aliphatic rings. The number of nitrogens with two attached hydrogens (primary N) is 1. The van der Waals surface area contributed by atoms with Crippen LogP contribution in [0.25, 0.3) is 0 Å². The average Bonchev–Trinajstić information content (AvgIpc) is 2.43. The molecule has 0 bridgehead atoms. The highest BCUT2D eigenvalue weighted by atomic mass is 16.1. The molecule has 0 aromatic rings. The highest BCUT2D eigenvalue weighted by Crippen LogP contribution is 2.36. The molecule has 4 nitrogen and oxygen atoms in total. The van der Waals surface area contributed by atoms with Gasteiger partial charge in [0.2, 0.25) is 5.91 Å². The molecule has 2 rings (SSSR count). The number of fused-ring (bicyclic) bond motifs is 1. The fourth-order valence-corrected chi connectivity index (χ4v) is 3.92. The van der Waals surface area contributed by atoms with E-state index in [9.17, 15) is 4.79 Å². The van der Waals surface area contributed by atoms with Gasteiger partial charge in [0.05, 0.1) is 0 Å². The van der Waals surface area contributed by atoms with Gasteiger partial charge < -0.3 is 11.1 Å². The second-order valence-electron chi connectivity index (χ2n) is 6.90. The van der Waals surface area contributed by atoms with Crippen molar-refractivity contribution in [3.8, 4) is 0 Å². The van der Waals surface area contributed by atoms with Crippen molar-refractivity contribution in [1.29, 1.82) is 0 Å². The van der Waals surface area contributed by atoms with Crippen LogP contribution in [0.2, 0.25) is 0 Å². The molecule has 0 spiro atoms. The Hall–Kier alpha value is -0.610. The zero-order chi connectivity index (χ0) is 14.5. The summed E-state index contributed by atoms with van der Waals surface area (Å²) in [5.74, 6) is 1.92. The minimum Gasteiger partial charge on any atom is -0.354 e. The molecular weight excluding hydrogens is 250 g/mol. The van der Waals surface area contributed by atoms with Gasteiger partial charge in [-0.25, -0.2) is 0 Å². The number of hydrogen-bond acceptors (Lipinski definition) is 3. The fraction of sp³-hybridized carbons (Fsp3) is 0.938. The molecule has 3 atom stereocenters. The molecule has 0 aromatic heterocycles. The molecule has 1 heterocycles. The van der Waals surface area contributed by atoms with Gasteiger partial charge in [0.25, 0.3) is 0 Å². The van der Waals surface area contributed by atoms with E-state index in [1.165, 1.54) is 32.1 Å². The van der Waals surface area contributed by atoms with Crippen LogP contribution < -0.4 is 11.1 Å². The standard InChI is InChI=1S/C16H31N3O/c1-12(2)18-16(20)9-15(10-17)19-8-7-13-5-3-4-6-14(13)11-19/h12-15H,3-11,17H2,1-2H3,(H,18,20). The van der Waals surface area contributed by atoms with Crippen LogP contribution in [0.3, 0.4) is 0 Å². The van der Waals surface area contributed by atoms with Gasteiger partial charge in [-0.05, 0) is 45.1 Å². The molecule has 1 saturated carbocycles. The van der Waals surface area contributed by atoms with Crippen LogP contribution in [-0.2, 0) is 4.79 Å². The largest absolute Gasteiger partial charge is 0.354 e.